The molecule has 8 heteroatoms. The van der Waals surface area contributed by atoms with Gasteiger partial charge in [0, 0.05) is 16.3 Å². The molecule has 0 bridgehead atoms. The number of aliphatic hydroxyl groups is 1. The summed E-state index contributed by atoms with van der Waals surface area (Å²) in [4.78, 5) is 1.55. The van der Waals surface area contributed by atoms with Gasteiger partial charge in [-0.1, -0.05) is 12.1 Å². The van der Waals surface area contributed by atoms with Crippen LogP contribution in [-0.2, 0) is 16.6 Å². The van der Waals surface area contributed by atoms with E-state index >= 15 is 0 Å². The molecule has 25 heavy (non-hydrogen) atoms. The highest BCUT2D eigenvalue weighted by molar-refractivity contribution is 7.89. The van der Waals surface area contributed by atoms with Gasteiger partial charge in [-0.3, -0.25) is 0 Å². The van der Waals surface area contributed by atoms with E-state index < -0.39 is 16.1 Å². The van der Waals surface area contributed by atoms with Crippen molar-refractivity contribution in [3.63, 3.8) is 0 Å². The van der Waals surface area contributed by atoms with Crippen molar-refractivity contribution in [3.05, 3.63) is 70.3 Å². The fourth-order valence-electron chi connectivity index (χ4n) is 2.31. The van der Waals surface area contributed by atoms with Gasteiger partial charge in [0.25, 0.3) is 0 Å². The summed E-state index contributed by atoms with van der Waals surface area (Å²) in [6.45, 7) is 0.121. The lowest BCUT2D eigenvalue weighted by molar-refractivity contribution is 0.193. The van der Waals surface area contributed by atoms with E-state index in [1.54, 1.807) is 42.5 Å². The van der Waals surface area contributed by atoms with Crippen molar-refractivity contribution < 1.29 is 22.7 Å². The van der Waals surface area contributed by atoms with E-state index in [4.69, 9.17) is 9.15 Å². The monoisotopic (exact) mass is 379 g/mol. The Morgan fingerprint density at radius 2 is 2.00 bits per heavy atom. The van der Waals surface area contributed by atoms with Crippen LogP contribution in [0.4, 0.5) is 0 Å². The van der Waals surface area contributed by atoms with Gasteiger partial charge in [0.15, 0.2) is 0 Å². The minimum atomic E-state index is -3.70. The number of thiophene rings is 1. The molecule has 3 rings (SSSR count). The van der Waals surface area contributed by atoms with Gasteiger partial charge in [-0.15, -0.1) is 11.3 Å². The third-order valence-corrected chi connectivity index (χ3v) is 6.14. The Bertz CT molecular complexity index is 932. The van der Waals surface area contributed by atoms with Crippen molar-refractivity contribution in [2.45, 2.75) is 17.5 Å². The SMILES string of the molecule is COc1ccccc1S(=O)(=O)NCc1ccc(C(O)c2ccco2)s1. The zero-order valence-electron chi connectivity index (χ0n) is 13.4. The van der Waals surface area contributed by atoms with Crippen molar-refractivity contribution in [1.82, 2.24) is 4.72 Å². The molecule has 0 radical (unpaired) electrons. The van der Waals surface area contributed by atoms with E-state index in [1.165, 1.54) is 30.8 Å². The standard InChI is InChI=1S/C17H17NO5S2/c1-22-13-5-2-3-7-16(13)25(20,21)18-11-12-8-9-15(24-12)17(19)14-6-4-10-23-14/h2-10,17-19H,11H2,1H3. The molecule has 0 aliphatic carbocycles. The zero-order valence-corrected chi connectivity index (χ0v) is 15.0. The molecule has 2 heterocycles. The number of benzene rings is 1. The van der Waals surface area contributed by atoms with Crippen LogP contribution in [-0.4, -0.2) is 20.6 Å². The number of hydrogen-bond acceptors (Lipinski definition) is 6. The first-order chi connectivity index (χ1) is 12.0. The number of rotatable bonds is 7. The largest absolute Gasteiger partial charge is 0.495 e. The highest BCUT2D eigenvalue weighted by Gasteiger charge is 2.20. The van der Waals surface area contributed by atoms with E-state index in [2.05, 4.69) is 4.72 Å². The molecule has 1 atom stereocenters. The predicted molar refractivity (Wildman–Crippen MR) is 94.1 cm³/mol. The number of aliphatic hydroxyl groups excluding tert-OH is 1. The van der Waals surface area contributed by atoms with Crippen molar-refractivity contribution in [1.29, 1.82) is 0 Å². The Morgan fingerprint density at radius 1 is 1.20 bits per heavy atom. The minimum absolute atomic E-state index is 0.0879. The van der Waals surface area contributed by atoms with Crippen LogP contribution in [0.3, 0.4) is 0 Å². The Morgan fingerprint density at radius 3 is 2.72 bits per heavy atom. The number of methoxy groups -OCH3 is 1. The first-order valence-corrected chi connectivity index (χ1v) is 9.74. The summed E-state index contributed by atoms with van der Waals surface area (Å²) in [6, 6.07) is 13.4. The first kappa shape index (κ1) is 17.7. The number of ether oxygens (including phenoxy) is 1. The smallest absolute Gasteiger partial charge is 0.244 e. The molecule has 1 unspecified atom stereocenters. The van der Waals surface area contributed by atoms with Crippen LogP contribution < -0.4 is 9.46 Å². The molecule has 132 valence electrons. The second kappa shape index (κ2) is 7.40. The molecule has 2 N–H and O–H groups in total. The highest BCUT2D eigenvalue weighted by Crippen LogP contribution is 2.29. The van der Waals surface area contributed by atoms with Crippen LogP contribution in [0.15, 0.2) is 64.1 Å². The van der Waals surface area contributed by atoms with E-state index in [0.717, 1.165) is 4.88 Å². The summed E-state index contributed by atoms with van der Waals surface area (Å²) in [5, 5.41) is 10.2. The third-order valence-electron chi connectivity index (χ3n) is 3.56. The molecule has 0 aliphatic heterocycles. The second-order valence-corrected chi connectivity index (χ2v) is 8.13. The number of nitrogens with one attached hydrogen (secondary N) is 1. The van der Waals surface area contributed by atoms with Crippen LogP contribution >= 0.6 is 11.3 Å². The fraction of sp³-hybridized carbons (Fsp3) is 0.176. The van der Waals surface area contributed by atoms with Gasteiger partial charge in [0.1, 0.15) is 22.5 Å². The normalized spacial score (nSPS) is 12.9. The summed E-state index contributed by atoms with van der Waals surface area (Å²) < 4.78 is 37.8. The maximum Gasteiger partial charge on any atom is 0.244 e. The Balaban J connectivity index is 1.71. The Hall–Kier alpha value is -2.13. The minimum Gasteiger partial charge on any atom is -0.495 e. The molecule has 0 fully saturated rings. The summed E-state index contributed by atoms with van der Waals surface area (Å²) in [6.07, 6.45) is 0.633. The lowest BCUT2D eigenvalue weighted by Crippen LogP contribution is -2.23. The average molecular weight is 379 g/mol. The molecule has 0 aliphatic rings. The highest BCUT2D eigenvalue weighted by atomic mass is 32.2. The van der Waals surface area contributed by atoms with Gasteiger partial charge in [0.2, 0.25) is 10.0 Å². The number of hydrogen-bond donors (Lipinski definition) is 2. The second-order valence-electron chi connectivity index (χ2n) is 5.20. The molecule has 3 aromatic rings. The van der Waals surface area contributed by atoms with Crippen LogP contribution in [0.2, 0.25) is 0 Å². The molecule has 0 saturated heterocycles. The van der Waals surface area contributed by atoms with Gasteiger partial charge in [-0.25, -0.2) is 13.1 Å². The van der Waals surface area contributed by atoms with Crippen LogP contribution in [0.1, 0.15) is 21.6 Å². The summed E-state index contributed by atoms with van der Waals surface area (Å²) in [5.41, 5.74) is 0. The maximum atomic E-state index is 12.5. The topological polar surface area (TPSA) is 88.8 Å². The summed E-state index contributed by atoms with van der Waals surface area (Å²) >= 11 is 1.32. The maximum absolute atomic E-state index is 12.5. The summed E-state index contributed by atoms with van der Waals surface area (Å²) in [7, 11) is -2.28. The molecule has 0 saturated carbocycles. The quantitative estimate of drug-likeness (QED) is 0.659. The zero-order chi connectivity index (χ0) is 17.9. The predicted octanol–water partition coefficient (Wildman–Crippen LogP) is 2.91. The molecule has 2 aromatic heterocycles. The van der Waals surface area contributed by atoms with E-state index in [9.17, 15) is 13.5 Å². The lowest BCUT2D eigenvalue weighted by Gasteiger charge is -2.09. The molecular formula is C17H17NO5S2. The molecule has 6 nitrogen and oxygen atoms in total. The molecular weight excluding hydrogens is 362 g/mol. The van der Waals surface area contributed by atoms with Gasteiger partial charge in [-0.2, -0.15) is 0 Å². The molecule has 1 aromatic carbocycles. The third kappa shape index (κ3) is 3.93. The van der Waals surface area contributed by atoms with Crippen molar-refractivity contribution in [3.8, 4) is 5.75 Å². The van der Waals surface area contributed by atoms with Gasteiger partial charge >= 0.3 is 0 Å². The van der Waals surface area contributed by atoms with Crippen LogP contribution in [0.5, 0.6) is 5.75 Å². The fourth-order valence-corrected chi connectivity index (χ4v) is 4.52. The number of sulfonamides is 1. The summed E-state index contributed by atoms with van der Waals surface area (Å²) in [5.74, 6) is 0.734. The van der Waals surface area contributed by atoms with E-state index in [1.807, 2.05) is 0 Å². The molecule has 0 amide bonds. The first-order valence-electron chi connectivity index (χ1n) is 7.44. The Labute approximate surface area is 149 Å². The van der Waals surface area contributed by atoms with Crippen molar-refractivity contribution in [2.75, 3.05) is 7.11 Å². The van der Waals surface area contributed by atoms with Gasteiger partial charge in [0.05, 0.1) is 13.4 Å². The van der Waals surface area contributed by atoms with E-state index in [0.29, 0.717) is 10.6 Å². The lowest BCUT2D eigenvalue weighted by atomic mass is 10.2. The van der Waals surface area contributed by atoms with Crippen LogP contribution in [0, 0.1) is 0 Å². The molecule has 0 spiro atoms. The van der Waals surface area contributed by atoms with Crippen molar-refractivity contribution >= 4 is 21.4 Å². The number of para-hydroxylation sites is 1. The van der Waals surface area contributed by atoms with Crippen LogP contribution in [0.25, 0.3) is 0 Å². The Kier molecular flexibility index (Phi) is 5.24. The average Bonchev–Trinajstić information content (AvgIpc) is 3.31. The van der Waals surface area contributed by atoms with E-state index in [-0.39, 0.29) is 17.2 Å². The van der Waals surface area contributed by atoms with Crippen molar-refractivity contribution in [2.24, 2.45) is 0 Å². The number of furan rings is 1. The van der Waals surface area contributed by atoms with Gasteiger partial charge in [-0.05, 0) is 36.4 Å². The van der Waals surface area contributed by atoms with Gasteiger partial charge < -0.3 is 14.3 Å².